The lowest BCUT2D eigenvalue weighted by atomic mass is 10.1. The Morgan fingerprint density at radius 1 is 1.22 bits per heavy atom. The van der Waals surface area contributed by atoms with Gasteiger partial charge in [-0.3, -0.25) is 4.99 Å². The number of nitrogens with zero attached hydrogens (tertiary/aromatic N) is 1. The standard InChI is InChI=1S/C17H29N3O2S/c1-14-6-7-15(16(12-14)23-4)13-20-17(18-2)19-8-5-9-22-11-10-21-3/h6-7,12H,5,8-11,13H2,1-4H3,(H2,18,19,20). The first-order chi connectivity index (χ1) is 11.2. The second-order valence-corrected chi connectivity index (χ2v) is 5.97. The average Bonchev–Trinajstić information content (AvgIpc) is 2.57. The predicted octanol–water partition coefficient (Wildman–Crippen LogP) is 2.44. The van der Waals surface area contributed by atoms with Crippen LogP contribution in [0.4, 0.5) is 0 Å². The van der Waals surface area contributed by atoms with Gasteiger partial charge in [0.25, 0.3) is 0 Å². The van der Waals surface area contributed by atoms with Crippen molar-refractivity contribution in [3.8, 4) is 0 Å². The van der Waals surface area contributed by atoms with E-state index in [9.17, 15) is 0 Å². The Morgan fingerprint density at radius 3 is 2.74 bits per heavy atom. The first-order valence-corrected chi connectivity index (χ1v) is 9.08. The van der Waals surface area contributed by atoms with Crippen molar-refractivity contribution in [2.45, 2.75) is 24.8 Å². The quantitative estimate of drug-likeness (QED) is 0.297. The molecule has 0 heterocycles. The lowest BCUT2D eigenvalue weighted by Crippen LogP contribution is -2.37. The molecule has 0 spiro atoms. The molecule has 0 unspecified atom stereocenters. The van der Waals surface area contributed by atoms with Gasteiger partial charge >= 0.3 is 0 Å². The van der Waals surface area contributed by atoms with Crippen molar-refractivity contribution in [1.82, 2.24) is 10.6 Å². The molecule has 0 aromatic heterocycles. The first kappa shape index (κ1) is 19.8. The van der Waals surface area contributed by atoms with Gasteiger partial charge < -0.3 is 20.1 Å². The van der Waals surface area contributed by atoms with E-state index in [4.69, 9.17) is 9.47 Å². The van der Waals surface area contributed by atoms with Crippen LogP contribution in [0.2, 0.25) is 0 Å². The number of aryl methyl sites for hydroxylation is 1. The van der Waals surface area contributed by atoms with Crippen molar-refractivity contribution >= 4 is 17.7 Å². The summed E-state index contributed by atoms with van der Waals surface area (Å²) in [7, 11) is 3.46. The van der Waals surface area contributed by atoms with E-state index in [2.05, 4.69) is 47.0 Å². The fourth-order valence-corrected chi connectivity index (χ4v) is 2.73. The van der Waals surface area contributed by atoms with Crippen LogP contribution in [0.25, 0.3) is 0 Å². The molecule has 6 heteroatoms. The maximum absolute atomic E-state index is 5.43. The number of hydrogen-bond donors (Lipinski definition) is 2. The highest BCUT2D eigenvalue weighted by Gasteiger charge is 2.03. The van der Waals surface area contributed by atoms with E-state index >= 15 is 0 Å². The highest BCUT2D eigenvalue weighted by atomic mass is 32.2. The molecular weight excluding hydrogens is 310 g/mol. The van der Waals surface area contributed by atoms with Crippen LogP contribution in [0.15, 0.2) is 28.1 Å². The van der Waals surface area contributed by atoms with Gasteiger partial charge in [-0.2, -0.15) is 0 Å². The van der Waals surface area contributed by atoms with E-state index < -0.39 is 0 Å². The molecule has 0 aliphatic rings. The van der Waals surface area contributed by atoms with E-state index in [0.717, 1.165) is 32.1 Å². The normalized spacial score (nSPS) is 11.6. The van der Waals surface area contributed by atoms with Crippen LogP contribution >= 0.6 is 11.8 Å². The van der Waals surface area contributed by atoms with Crippen LogP contribution < -0.4 is 10.6 Å². The number of methoxy groups -OCH3 is 1. The minimum atomic E-state index is 0.644. The summed E-state index contributed by atoms with van der Waals surface area (Å²) in [5.41, 5.74) is 2.57. The molecular formula is C17H29N3O2S. The zero-order valence-electron chi connectivity index (χ0n) is 14.6. The van der Waals surface area contributed by atoms with Gasteiger partial charge in [0.2, 0.25) is 0 Å². The van der Waals surface area contributed by atoms with Crippen molar-refractivity contribution in [2.24, 2.45) is 4.99 Å². The van der Waals surface area contributed by atoms with Crippen LogP contribution in [0.3, 0.4) is 0 Å². The van der Waals surface area contributed by atoms with Gasteiger partial charge in [-0.15, -0.1) is 11.8 Å². The molecule has 0 radical (unpaired) electrons. The largest absolute Gasteiger partial charge is 0.382 e. The van der Waals surface area contributed by atoms with Crippen molar-refractivity contribution < 1.29 is 9.47 Å². The minimum absolute atomic E-state index is 0.644. The molecule has 1 aromatic rings. The summed E-state index contributed by atoms with van der Waals surface area (Å²) in [6.45, 7) is 5.73. The maximum atomic E-state index is 5.43. The number of guanidine groups is 1. The number of aliphatic imine (C=N–C) groups is 1. The number of ether oxygens (including phenoxy) is 2. The van der Waals surface area contributed by atoms with Gasteiger partial charge in [-0.05, 0) is 36.8 Å². The van der Waals surface area contributed by atoms with Crippen molar-refractivity contribution in [3.63, 3.8) is 0 Å². The van der Waals surface area contributed by atoms with Gasteiger partial charge in [0.05, 0.1) is 13.2 Å². The average molecular weight is 340 g/mol. The third kappa shape index (κ3) is 8.25. The summed E-state index contributed by atoms with van der Waals surface area (Å²) >= 11 is 1.77. The van der Waals surface area contributed by atoms with Gasteiger partial charge in [0, 0.05) is 38.7 Å². The molecule has 0 fully saturated rings. The molecule has 1 rings (SSSR count). The number of hydrogen-bond acceptors (Lipinski definition) is 4. The molecule has 23 heavy (non-hydrogen) atoms. The third-order valence-electron chi connectivity index (χ3n) is 3.30. The third-order valence-corrected chi connectivity index (χ3v) is 4.12. The van der Waals surface area contributed by atoms with E-state index in [-0.39, 0.29) is 0 Å². The molecule has 0 saturated carbocycles. The Labute approximate surface area is 144 Å². The molecule has 0 amide bonds. The van der Waals surface area contributed by atoms with Gasteiger partial charge in [-0.25, -0.2) is 0 Å². The van der Waals surface area contributed by atoms with Crippen molar-refractivity contribution in [3.05, 3.63) is 29.3 Å². The smallest absolute Gasteiger partial charge is 0.191 e. The second kappa shape index (κ2) is 12.2. The van der Waals surface area contributed by atoms with Gasteiger partial charge in [0.15, 0.2) is 5.96 Å². The van der Waals surface area contributed by atoms with E-state index in [1.165, 1.54) is 16.0 Å². The number of benzene rings is 1. The van der Waals surface area contributed by atoms with Crippen LogP contribution in [0.1, 0.15) is 17.5 Å². The number of thioether (sulfide) groups is 1. The number of rotatable bonds is 10. The summed E-state index contributed by atoms with van der Waals surface area (Å²) < 4.78 is 10.4. The van der Waals surface area contributed by atoms with Crippen LogP contribution in [-0.2, 0) is 16.0 Å². The summed E-state index contributed by atoms with van der Waals surface area (Å²) in [4.78, 5) is 5.56. The lowest BCUT2D eigenvalue weighted by molar-refractivity contribution is 0.0698. The Kier molecular flexibility index (Phi) is 10.5. The Balaban J connectivity index is 2.29. The molecule has 5 nitrogen and oxygen atoms in total. The monoisotopic (exact) mass is 339 g/mol. The molecule has 0 saturated heterocycles. The fraction of sp³-hybridized carbons (Fsp3) is 0.588. The molecule has 0 aliphatic heterocycles. The molecule has 0 atom stereocenters. The second-order valence-electron chi connectivity index (χ2n) is 5.13. The zero-order chi connectivity index (χ0) is 16.9. The van der Waals surface area contributed by atoms with Crippen LogP contribution in [-0.4, -0.2) is 52.7 Å². The molecule has 130 valence electrons. The van der Waals surface area contributed by atoms with Gasteiger partial charge in [-0.1, -0.05) is 12.1 Å². The summed E-state index contributed by atoms with van der Waals surface area (Å²) in [6.07, 6.45) is 3.04. The topological polar surface area (TPSA) is 54.9 Å². The maximum Gasteiger partial charge on any atom is 0.191 e. The zero-order valence-corrected chi connectivity index (χ0v) is 15.5. The Morgan fingerprint density at radius 2 is 2.04 bits per heavy atom. The highest BCUT2D eigenvalue weighted by Crippen LogP contribution is 2.21. The summed E-state index contributed by atoms with van der Waals surface area (Å²) in [5, 5.41) is 6.66. The Hall–Kier alpha value is -1.24. The highest BCUT2D eigenvalue weighted by molar-refractivity contribution is 7.98. The molecule has 1 aromatic carbocycles. The molecule has 0 bridgehead atoms. The van der Waals surface area contributed by atoms with Crippen molar-refractivity contribution in [2.75, 3.05) is 46.8 Å². The van der Waals surface area contributed by atoms with E-state index in [1.807, 2.05) is 0 Å². The van der Waals surface area contributed by atoms with E-state index in [0.29, 0.717) is 13.2 Å². The lowest BCUT2D eigenvalue weighted by Gasteiger charge is -2.14. The minimum Gasteiger partial charge on any atom is -0.382 e. The van der Waals surface area contributed by atoms with Crippen LogP contribution in [0.5, 0.6) is 0 Å². The van der Waals surface area contributed by atoms with E-state index in [1.54, 1.807) is 25.9 Å². The van der Waals surface area contributed by atoms with Crippen LogP contribution in [0, 0.1) is 6.92 Å². The molecule has 2 N–H and O–H groups in total. The number of nitrogens with one attached hydrogen (secondary N) is 2. The fourth-order valence-electron chi connectivity index (χ4n) is 2.02. The predicted molar refractivity (Wildman–Crippen MR) is 98.5 cm³/mol. The summed E-state index contributed by atoms with van der Waals surface area (Å²) in [5.74, 6) is 0.814. The van der Waals surface area contributed by atoms with Crippen molar-refractivity contribution in [1.29, 1.82) is 0 Å². The SMILES string of the molecule is CN=C(NCCCOCCOC)NCc1ccc(C)cc1SC. The van der Waals surface area contributed by atoms with Gasteiger partial charge in [0.1, 0.15) is 0 Å². The summed E-state index contributed by atoms with van der Waals surface area (Å²) in [6, 6.07) is 6.53. The first-order valence-electron chi connectivity index (χ1n) is 7.86. The Bertz CT molecular complexity index is 481. The molecule has 0 aliphatic carbocycles.